The van der Waals surface area contributed by atoms with E-state index in [1.165, 1.54) is 5.39 Å². The normalized spacial score (nSPS) is 11.6. The summed E-state index contributed by atoms with van der Waals surface area (Å²) < 4.78 is 5.90. The number of hydrogen-bond donors (Lipinski definition) is 0. The molecule has 0 spiro atoms. The molecular formula is C15H8ClNO. The Hall–Kier alpha value is -2.06. The van der Waals surface area contributed by atoms with Gasteiger partial charge in [-0.1, -0.05) is 41.9 Å². The van der Waals surface area contributed by atoms with Crippen molar-refractivity contribution in [1.29, 1.82) is 0 Å². The van der Waals surface area contributed by atoms with E-state index in [-0.39, 0.29) is 0 Å². The van der Waals surface area contributed by atoms with Crippen LogP contribution in [0.25, 0.3) is 32.7 Å². The molecule has 0 aliphatic heterocycles. The van der Waals surface area contributed by atoms with E-state index < -0.39 is 0 Å². The molecule has 86 valence electrons. The summed E-state index contributed by atoms with van der Waals surface area (Å²) in [5, 5.41) is 4.85. The van der Waals surface area contributed by atoms with Crippen molar-refractivity contribution in [1.82, 2.24) is 4.98 Å². The van der Waals surface area contributed by atoms with Gasteiger partial charge in [0, 0.05) is 16.2 Å². The summed E-state index contributed by atoms with van der Waals surface area (Å²) in [6, 6.07) is 14.2. The molecule has 4 rings (SSSR count). The molecule has 2 aromatic carbocycles. The van der Waals surface area contributed by atoms with E-state index in [2.05, 4.69) is 29.2 Å². The monoisotopic (exact) mass is 253 g/mol. The van der Waals surface area contributed by atoms with Crippen molar-refractivity contribution in [2.24, 2.45) is 0 Å². The van der Waals surface area contributed by atoms with Gasteiger partial charge in [-0.15, -0.1) is 0 Å². The molecule has 0 N–H and O–H groups in total. The summed E-state index contributed by atoms with van der Waals surface area (Å²) in [6.07, 6.45) is 1.67. The number of furan rings is 1. The molecule has 0 amide bonds. The topological polar surface area (TPSA) is 26.0 Å². The van der Waals surface area contributed by atoms with Gasteiger partial charge in [0.25, 0.3) is 0 Å². The quantitative estimate of drug-likeness (QED) is 0.421. The maximum atomic E-state index is 5.94. The highest BCUT2D eigenvalue weighted by atomic mass is 35.5. The van der Waals surface area contributed by atoms with E-state index in [4.69, 9.17) is 16.0 Å². The second-order valence-electron chi connectivity index (χ2n) is 4.27. The van der Waals surface area contributed by atoms with Crippen LogP contribution in [0, 0.1) is 0 Å². The molecular weight excluding hydrogens is 246 g/mol. The second kappa shape index (κ2) is 3.47. The summed E-state index contributed by atoms with van der Waals surface area (Å²) in [6.45, 7) is 0. The van der Waals surface area contributed by atoms with Gasteiger partial charge in [0.1, 0.15) is 10.7 Å². The van der Waals surface area contributed by atoms with E-state index >= 15 is 0 Å². The Morgan fingerprint density at radius 3 is 2.78 bits per heavy atom. The van der Waals surface area contributed by atoms with Crippen LogP contribution in [0.5, 0.6) is 0 Å². The Bertz CT molecular complexity index is 895. The van der Waals surface area contributed by atoms with Crippen LogP contribution in [0.2, 0.25) is 5.15 Å². The molecule has 3 heteroatoms. The highest BCUT2D eigenvalue weighted by Crippen LogP contribution is 2.34. The molecule has 0 fully saturated rings. The lowest BCUT2D eigenvalue weighted by Crippen LogP contribution is -1.73. The van der Waals surface area contributed by atoms with Crippen LogP contribution in [0.1, 0.15) is 0 Å². The van der Waals surface area contributed by atoms with Crippen molar-refractivity contribution in [3.63, 3.8) is 0 Å². The van der Waals surface area contributed by atoms with E-state index in [9.17, 15) is 0 Å². The number of benzene rings is 2. The predicted octanol–water partition coefficient (Wildman–Crippen LogP) is 4.79. The van der Waals surface area contributed by atoms with Crippen LogP contribution < -0.4 is 0 Å². The molecule has 0 aliphatic carbocycles. The number of rotatable bonds is 0. The molecule has 4 aromatic rings. The van der Waals surface area contributed by atoms with E-state index in [0.29, 0.717) is 5.15 Å². The Balaban J connectivity index is 2.30. The van der Waals surface area contributed by atoms with Gasteiger partial charge in [0.2, 0.25) is 0 Å². The Morgan fingerprint density at radius 1 is 0.944 bits per heavy atom. The molecule has 18 heavy (non-hydrogen) atoms. The first kappa shape index (κ1) is 9.92. The minimum absolute atomic E-state index is 0.485. The third-order valence-corrected chi connectivity index (χ3v) is 3.42. The lowest BCUT2D eigenvalue weighted by molar-refractivity contribution is 0.670. The van der Waals surface area contributed by atoms with Crippen molar-refractivity contribution < 1.29 is 4.42 Å². The fraction of sp³-hybridized carbons (Fsp3) is 0. The molecule has 0 saturated heterocycles. The number of hydrogen-bond acceptors (Lipinski definition) is 2. The lowest BCUT2D eigenvalue weighted by atomic mass is 10.1. The molecule has 0 atom stereocenters. The van der Waals surface area contributed by atoms with Gasteiger partial charge in [-0.05, 0) is 17.5 Å². The fourth-order valence-corrected chi connectivity index (χ4v) is 2.54. The number of aromatic nitrogens is 1. The largest absolute Gasteiger partial charge is 0.454 e. The third-order valence-electron chi connectivity index (χ3n) is 3.22. The van der Waals surface area contributed by atoms with Crippen LogP contribution in [0.4, 0.5) is 0 Å². The van der Waals surface area contributed by atoms with Gasteiger partial charge >= 0.3 is 0 Å². The van der Waals surface area contributed by atoms with Crippen molar-refractivity contribution in [3.8, 4) is 0 Å². The molecule has 2 heterocycles. The first-order valence-electron chi connectivity index (χ1n) is 5.68. The number of nitrogens with zero attached hydrogens (tertiary/aromatic N) is 1. The SMILES string of the molecule is Clc1cc2c(cn1)oc1c3ccccc3ccc21. The summed E-state index contributed by atoms with van der Waals surface area (Å²) >= 11 is 5.94. The van der Waals surface area contributed by atoms with E-state index in [1.807, 2.05) is 18.2 Å². The summed E-state index contributed by atoms with van der Waals surface area (Å²) in [5.41, 5.74) is 1.66. The number of fused-ring (bicyclic) bond motifs is 5. The second-order valence-corrected chi connectivity index (χ2v) is 4.66. The zero-order valence-corrected chi connectivity index (χ0v) is 10.1. The Kier molecular flexibility index (Phi) is 1.91. The Morgan fingerprint density at radius 2 is 1.83 bits per heavy atom. The molecule has 0 aliphatic rings. The van der Waals surface area contributed by atoms with Gasteiger partial charge in [0.05, 0.1) is 6.20 Å². The number of pyridine rings is 1. The van der Waals surface area contributed by atoms with Crippen LogP contribution in [-0.2, 0) is 0 Å². The minimum Gasteiger partial charge on any atom is -0.454 e. The molecule has 2 nitrogen and oxygen atoms in total. The maximum absolute atomic E-state index is 5.94. The van der Waals surface area contributed by atoms with Gasteiger partial charge in [-0.3, -0.25) is 0 Å². The molecule has 0 unspecified atom stereocenters. The standard InChI is InChI=1S/C15H8ClNO/c16-14-7-12-11-6-5-9-3-1-2-4-10(9)15(11)18-13(12)8-17-14/h1-8H. The molecule has 0 saturated carbocycles. The molecule has 0 radical (unpaired) electrons. The van der Waals surface area contributed by atoms with Crippen LogP contribution in [0.15, 0.2) is 53.1 Å². The summed E-state index contributed by atoms with van der Waals surface area (Å²) in [4.78, 5) is 4.05. The first-order chi connectivity index (χ1) is 8.83. The first-order valence-corrected chi connectivity index (χ1v) is 6.06. The van der Waals surface area contributed by atoms with Crippen LogP contribution in [-0.4, -0.2) is 4.98 Å². The van der Waals surface area contributed by atoms with Gasteiger partial charge < -0.3 is 4.42 Å². The van der Waals surface area contributed by atoms with Crippen molar-refractivity contribution in [3.05, 3.63) is 53.8 Å². The van der Waals surface area contributed by atoms with Crippen molar-refractivity contribution >= 4 is 44.3 Å². The van der Waals surface area contributed by atoms with Crippen molar-refractivity contribution in [2.45, 2.75) is 0 Å². The fourth-order valence-electron chi connectivity index (χ4n) is 2.38. The van der Waals surface area contributed by atoms with Gasteiger partial charge in [-0.2, -0.15) is 0 Å². The van der Waals surface area contributed by atoms with Crippen LogP contribution >= 0.6 is 11.6 Å². The number of halogens is 1. The minimum atomic E-state index is 0.485. The average Bonchev–Trinajstić information content (AvgIpc) is 2.77. The highest BCUT2D eigenvalue weighted by Gasteiger charge is 2.10. The molecule has 2 aromatic heterocycles. The lowest BCUT2D eigenvalue weighted by Gasteiger charge is -1.97. The van der Waals surface area contributed by atoms with Crippen molar-refractivity contribution in [2.75, 3.05) is 0 Å². The summed E-state index contributed by atoms with van der Waals surface area (Å²) in [5.74, 6) is 0. The summed E-state index contributed by atoms with van der Waals surface area (Å²) in [7, 11) is 0. The van der Waals surface area contributed by atoms with Gasteiger partial charge in [0.15, 0.2) is 5.58 Å². The van der Waals surface area contributed by atoms with E-state index in [0.717, 1.165) is 27.3 Å². The predicted molar refractivity (Wildman–Crippen MR) is 74.0 cm³/mol. The van der Waals surface area contributed by atoms with Gasteiger partial charge in [-0.25, -0.2) is 4.98 Å². The maximum Gasteiger partial charge on any atom is 0.153 e. The van der Waals surface area contributed by atoms with E-state index in [1.54, 1.807) is 6.20 Å². The zero-order chi connectivity index (χ0) is 12.1. The highest BCUT2D eigenvalue weighted by molar-refractivity contribution is 6.30. The zero-order valence-electron chi connectivity index (χ0n) is 9.35. The average molecular weight is 254 g/mol. The Labute approximate surface area is 108 Å². The third kappa shape index (κ3) is 1.27. The molecule has 0 bridgehead atoms. The smallest absolute Gasteiger partial charge is 0.153 e. The van der Waals surface area contributed by atoms with Crippen LogP contribution in [0.3, 0.4) is 0 Å².